The van der Waals surface area contributed by atoms with Crippen LogP contribution in [0.4, 0.5) is 0 Å². The Hall–Kier alpha value is -0.800. The quantitative estimate of drug-likeness (QED) is 0.852. The van der Waals surface area contributed by atoms with E-state index in [0.29, 0.717) is 12.0 Å². The molecule has 1 atom stereocenters. The summed E-state index contributed by atoms with van der Waals surface area (Å²) < 4.78 is 10.8. The number of ether oxygens (including phenoxy) is 1. The Morgan fingerprint density at radius 2 is 2.19 bits per heavy atom. The number of hydrogen-bond acceptors (Lipinski definition) is 3. The molecule has 0 aliphatic carbocycles. The fourth-order valence-electron chi connectivity index (χ4n) is 2.45. The van der Waals surface area contributed by atoms with Gasteiger partial charge in [-0.2, -0.15) is 0 Å². The lowest BCUT2D eigenvalue weighted by atomic mass is 9.88. The van der Waals surface area contributed by atoms with Gasteiger partial charge in [-0.3, -0.25) is 0 Å². The summed E-state index contributed by atoms with van der Waals surface area (Å²) in [6.45, 7) is 6.93. The highest BCUT2D eigenvalue weighted by Gasteiger charge is 2.25. The molecule has 0 saturated carbocycles. The van der Waals surface area contributed by atoms with Crippen LogP contribution in [0.2, 0.25) is 0 Å². The zero-order chi connectivity index (χ0) is 11.4. The minimum absolute atomic E-state index is 0.423. The van der Waals surface area contributed by atoms with E-state index in [1.165, 1.54) is 5.56 Å². The molecule has 16 heavy (non-hydrogen) atoms. The minimum atomic E-state index is 0.423. The van der Waals surface area contributed by atoms with Gasteiger partial charge in [0, 0.05) is 24.8 Å². The standard InChI is InChI=1S/C13H21NO2/c1-3-14-13(11-4-6-15-7-5-11)12-8-10(2)16-9-12/h8-9,11,13-14H,3-7H2,1-2H3. The Kier molecular flexibility index (Phi) is 4.02. The van der Waals surface area contributed by atoms with Crippen molar-refractivity contribution in [3.63, 3.8) is 0 Å². The van der Waals surface area contributed by atoms with Gasteiger partial charge in [-0.05, 0) is 38.3 Å². The highest BCUT2D eigenvalue weighted by molar-refractivity contribution is 5.17. The van der Waals surface area contributed by atoms with Gasteiger partial charge in [-0.1, -0.05) is 6.92 Å². The van der Waals surface area contributed by atoms with Crippen LogP contribution in [-0.2, 0) is 4.74 Å². The number of hydrogen-bond donors (Lipinski definition) is 1. The molecule has 90 valence electrons. The summed E-state index contributed by atoms with van der Waals surface area (Å²) in [5.41, 5.74) is 1.28. The van der Waals surface area contributed by atoms with Crippen molar-refractivity contribution in [2.75, 3.05) is 19.8 Å². The van der Waals surface area contributed by atoms with E-state index in [1.807, 2.05) is 13.2 Å². The lowest BCUT2D eigenvalue weighted by molar-refractivity contribution is 0.0537. The van der Waals surface area contributed by atoms with Crippen LogP contribution in [-0.4, -0.2) is 19.8 Å². The number of rotatable bonds is 4. The molecule has 0 spiro atoms. The van der Waals surface area contributed by atoms with Crippen LogP contribution < -0.4 is 5.32 Å². The summed E-state index contributed by atoms with van der Waals surface area (Å²) in [5.74, 6) is 1.66. The average molecular weight is 223 g/mol. The van der Waals surface area contributed by atoms with Crippen LogP contribution in [0.1, 0.15) is 37.1 Å². The molecule has 0 amide bonds. The normalized spacial score (nSPS) is 19.9. The number of furan rings is 1. The topological polar surface area (TPSA) is 34.4 Å². The fraction of sp³-hybridized carbons (Fsp3) is 0.692. The van der Waals surface area contributed by atoms with Gasteiger partial charge in [0.05, 0.1) is 6.26 Å². The van der Waals surface area contributed by atoms with Crippen molar-refractivity contribution in [1.29, 1.82) is 0 Å². The highest BCUT2D eigenvalue weighted by Crippen LogP contribution is 2.30. The van der Waals surface area contributed by atoms with Gasteiger partial charge in [0.2, 0.25) is 0 Å². The molecule has 0 radical (unpaired) electrons. The summed E-state index contributed by atoms with van der Waals surface area (Å²) >= 11 is 0. The van der Waals surface area contributed by atoms with E-state index in [1.54, 1.807) is 0 Å². The molecule has 1 fully saturated rings. The minimum Gasteiger partial charge on any atom is -0.469 e. The Balaban J connectivity index is 2.09. The Bertz CT molecular complexity index is 315. The molecule has 1 unspecified atom stereocenters. The molecule has 3 heteroatoms. The molecule has 3 nitrogen and oxygen atoms in total. The van der Waals surface area contributed by atoms with Gasteiger partial charge < -0.3 is 14.5 Å². The number of nitrogens with one attached hydrogen (secondary N) is 1. The van der Waals surface area contributed by atoms with Crippen molar-refractivity contribution in [2.24, 2.45) is 5.92 Å². The first-order chi connectivity index (χ1) is 7.81. The van der Waals surface area contributed by atoms with Crippen molar-refractivity contribution in [3.8, 4) is 0 Å². The number of aryl methyl sites for hydroxylation is 1. The molecule has 1 aliphatic heterocycles. The van der Waals surface area contributed by atoms with E-state index in [2.05, 4.69) is 18.3 Å². The van der Waals surface area contributed by atoms with Crippen molar-refractivity contribution < 1.29 is 9.15 Å². The lowest BCUT2D eigenvalue weighted by Crippen LogP contribution is -2.31. The van der Waals surface area contributed by atoms with Crippen LogP contribution in [0.3, 0.4) is 0 Å². The molecule has 1 aromatic heterocycles. The van der Waals surface area contributed by atoms with E-state index in [9.17, 15) is 0 Å². The van der Waals surface area contributed by atoms with E-state index < -0.39 is 0 Å². The predicted octanol–water partition coefficient (Wildman–Crippen LogP) is 2.67. The smallest absolute Gasteiger partial charge is 0.101 e. The first kappa shape index (κ1) is 11.7. The molecule has 1 N–H and O–H groups in total. The zero-order valence-electron chi connectivity index (χ0n) is 10.2. The Morgan fingerprint density at radius 1 is 1.44 bits per heavy atom. The van der Waals surface area contributed by atoms with Crippen LogP contribution in [0.25, 0.3) is 0 Å². The molecule has 0 aromatic carbocycles. The summed E-state index contributed by atoms with van der Waals surface area (Å²) in [4.78, 5) is 0. The van der Waals surface area contributed by atoms with Crippen molar-refractivity contribution in [1.82, 2.24) is 5.32 Å². The molecule has 2 heterocycles. The SMILES string of the molecule is CCNC(c1coc(C)c1)C1CCOCC1. The summed E-state index contributed by atoms with van der Waals surface area (Å²) in [5, 5.41) is 3.57. The second-order valence-corrected chi connectivity index (χ2v) is 4.48. The predicted molar refractivity (Wildman–Crippen MR) is 63.4 cm³/mol. The average Bonchev–Trinajstić information content (AvgIpc) is 2.74. The van der Waals surface area contributed by atoms with Gasteiger partial charge >= 0.3 is 0 Å². The second-order valence-electron chi connectivity index (χ2n) is 4.48. The summed E-state index contributed by atoms with van der Waals surface area (Å²) in [6.07, 6.45) is 4.17. The van der Waals surface area contributed by atoms with E-state index in [4.69, 9.17) is 9.15 Å². The fourth-order valence-corrected chi connectivity index (χ4v) is 2.45. The first-order valence-corrected chi connectivity index (χ1v) is 6.17. The largest absolute Gasteiger partial charge is 0.469 e. The molecular weight excluding hydrogens is 202 g/mol. The molecule has 2 rings (SSSR count). The van der Waals surface area contributed by atoms with Crippen molar-refractivity contribution >= 4 is 0 Å². The van der Waals surface area contributed by atoms with E-state index >= 15 is 0 Å². The maximum Gasteiger partial charge on any atom is 0.101 e. The molecule has 1 aliphatic rings. The van der Waals surface area contributed by atoms with Gasteiger partial charge in [0.15, 0.2) is 0 Å². The zero-order valence-corrected chi connectivity index (χ0v) is 10.2. The monoisotopic (exact) mass is 223 g/mol. The molecule has 1 aromatic rings. The van der Waals surface area contributed by atoms with Gasteiger partial charge in [-0.15, -0.1) is 0 Å². The molecule has 0 bridgehead atoms. The van der Waals surface area contributed by atoms with Gasteiger partial charge in [0.25, 0.3) is 0 Å². The Morgan fingerprint density at radius 3 is 2.75 bits per heavy atom. The van der Waals surface area contributed by atoms with Crippen molar-refractivity contribution in [2.45, 2.75) is 32.7 Å². The second kappa shape index (κ2) is 5.51. The third-order valence-corrected chi connectivity index (χ3v) is 3.27. The van der Waals surface area contributed by atoms with E-state index in [-0.39, 0.29) is 0 Å². The van der Waals surface area contributed by atoms with Gasteiger partial charge in [-0.25, -0.2) is 0 Å². The molecular formula is C13H21NO2. The maximum atomic E-state index is 5.42. The van der Waals surface area contributed by atoms with Crippen LogP contribution >= 0.6 is 0 Å². The van der Waals surface area contributed by atoms with Crippen LogP contribution in [0, 0.1) is 12.8 Å². The Labute approximate surface area is 97.2 Å². The summed E-state index contributed by atoms with van der Waals surface area (Å²) in [7, 11) is 0. The lowest BCUT2D eigenvalue weighted by Gasteiger charge is -2.30. The van der Waals surface area contributed by atoms with E-state index in [0.717, 1.165) is 38.4 Å². The summed E-state index contributed by atoms with van der Waals surface area (Å²) in [6, 6.07) is 2.56. The van der Waals surface area contributed by atoms with Crippen LogP contribution in [0.15, 0.2) is 16.7 Å². The van der Waals surface area contributed by atoms with Crippen LogP contribution in [0.5, 0.6) is 0 Å². The third kappa shape index (κ3) is 2.66. The third-order valence-electron chi connectivity index (χ3n) is 3.27. The molecule has 1 saturated heterocycles. The maximum absolute atomic E-state index is 5.42. The van der Waals surface area contributed by atoms with Crippen molar-refractivity contribution in [3.05, 3.63) is 23.7 Å². The first-order valence-electron chi connectivity index (χ1n) is 6.17. The highest BCUT2D eigenvalue weighted by atomic mass is 16.5. The van der Waals surface area contributed by atoms with Gasteiger partial charge in [0.1, 0.15) is 5.76 Å².